The second-order valence-corrected chi connectivity index (χ2v) is 10.9. The van der Waals surface area contributed by atoms with Crippen molar-refractivity contribution in [3.8, 4) is 5.75 Å². The Hall–Kier alpha value is -2.15. The Morgan fingerprint density at radius 3 is 2.41 bits per heavy atom. The fourth-order valence-electron chi connectivity index (χ4n) is 6.42. The summed E-state index contributed by atoms with van der Waals surface area (Å²) in [7, 11) is 0. The second kappa shape index (κ2) is 8.81. The molecule has 4 fully saturated rings. The van der Waals surface area contributed by atoms with Gasteiger partial charge in [0.2, 0.25) is 0 Å². The van der Waals surface area contributed by atoms with Crippen LogP contribution in [-0.2, 0) is 11.3 Å². The van der Waals surface area contributed by atoms with Gasteiger partial charge in [-0.2, -0.15) is 0 Å². The molecule has 0 spiro atoms. The largest absolute Gasteiger partial charge is 0.486 e. The predicted molar refractivity (Wildman–Crippen MR) is 133 cm³/mol. The van der Waals surface area contributed by atoms with Crippen LogP contribution in [0.5, 0.6) is 5.75 Å². The minimum absolute atomic E-state index is 0.534. The van der Waals surface area contributed by atoms with Gasteiger partial charge in [0.05, 0.1) is 5.69 Å². The van der Waals surface area contributed by atoms with E-state index in [0.717, 1.165) is 49.4 Å². The smallest absolute Gasteiger partial charge is 0.146 e. The van der Waals surface area contributed by atoms with Gasteiger partial charge < -0.3 is 20.1 Å². The molecule has 5 heterocycles. The van der Waals surface area contributed by atoms with Gasteiger partial charge in [-0.05, 0) is 98.2 Å². The van der Waals surface area contributed by atoms with Crippen molar-refractivity contribution in [2.75, 3.05) is 44.7 Å². The number of nitrogens with one attached hydrogen (secondary N) is 2. The van der Waals surface area contributed by atoms with Crippen LogP contribution in [0.3, 0.4) is 0 Å². The number of benzene rings is 1. The van der Waals surface area contributed by atoms with Crippen molar-refractivity contribution in [2.24, 2.45) is 0 Å². The van der Waals surface area contributed by atoms with Crippen LogP contribution in [0, 0.1) is 0 Å². The van der Waals surface area contributed by atoms with Gasteiger partial charge in [-0.15, -0.1) is 0 Å². The van der Waals surface area contributed by atoms with Crippen LogP contribution in [-0.4, -0.2) is 55.3 Å². The second-order valence-electron chi connectivity index (χ2n) is 10.9. The first kappa shape index (κ1) is 21.2. The van der Waals surface area contributed by atoms with Gasteiger partial charge in [0.25, 0.3) is 0 Å². The zero-order valence-corrected chi connectivity index (χ0v) is 20.0. The normalized spacial score (nSPS) is 24.4. The molecule has 2 N–H and O–H groups in total. The van der Waals surface area contributed by atoms with Crippen molar-refractivity contribution in [1.82, 2.24) is 15.2 Å². The molecule has 5 aliphatic rings. The lowest BCUT2D eigenvalue weighted by molar-refractivity contribution is 0.0849. The molecule has 6 nitrogen and oxygen atoms in total. The average Bonchev–Trinajstić information content (AvgIpc) is 3.70. The first-order chi connectivity index (χ1) is 16.8. The summed E-state index contributed by atoms with van der Waals surface area (Å²) in [5.41, 5.74) is 6.66. The van der Waals surface area contributed by atoms with Gasteiger partial charge in [-0.1, -0.05) is 6.07 Å². The monoisotopic (exact) mass is 460 g/mol. The van der Waals surface area contributed by atoms with Gasteiger partial charge >= 0.3 is 0 Å². The van der Waals surface area contributed by atoms with Crippen molar-refractivity contribution < 1.29 is 9.47 Å². The van der Waals surface area contributed by atoms with Gasteiger partial charge in [0.1, 0.15) is 18.2 Å². The van der Waals surface area contributed by atoms with E-state index in [2.05, 4.69) is 33.7 Å². The molecular weight excluding hydrogens is 424 g/mol. The van der Waals surface area contributed by atoms with E-state index < -0.39 is 0 Å². The Labute approximate surface area is 202 Å². The quantitative estimate of drug-likeness (QED) is 0.693. The zero-order valence-electron chi connectivity index (χ0n) is 20.0. The number of aromatic nitrogens is 1. The number of nitrogens with zero attached hydrogens (tertiary/aromatic N) is 2. The Morgan fingerprint density at radius 2 is 1.68 bits per heavy atom. The van der Waals surface area contributed by atoms with E-state index in [1.54, 1.807) is 0 Å². The number of anilines is 2. The van der Waals surface area contributed by atoms with Crippen LogP contribution in [0.15, 0.2) is 24.4 Å². The zero-order chi connectivity index (χ0) is 22.5. The molecule has 1 aliphatic carbocycles. The molecule has 4 aliphatic heterocycles. The summed E-state index contributed by atoms with van der Waals surface area (Å²) in [5.74, 6) is 3.87. The Morgan fingerprint density at radius 1 is 0.882 bits per heavy atom. The van der Waals surface area contributed by atoms with Crippen LogP contribution in [0.1, 0.15) is 78.5 Å². The van der Waals surface area contributed by atoms with E-state index in [9.17, 15) is 0 Å². The Balaban J connectivity index is 1.19. The standard InChI is InChI=1S/C28H36N4O2/c1-2-19(1)24-13-21(18-4-9-32(10-5-18)22-15-29-16-22)14-26-27(24)34-17-25-23(3-8-30-28(25)31-26)20-6-11-33-12-7-20/h3,8,13-14,18-20,22,29H,1-2,4-7,9-12,15-17H2,(H,30,31). The van der Waals surface area contributed by atoms with Crippen LogP contribution < -0.4 is 15.4 Å². The number of rotatable bonds is 4. The molecule has 6 heteroatoms. The molecule has 34 heavy (non-hydrogen) atoms. The molecule has 180 valence electrons. The molecule has 2 aromatic rings. The van der Waals surface area contributed by atoms with Gasteiger partial charge in [-0.3, -0.25) is 4.90 Å². The van der Waals surface area contributed by atoms with Crippen molar-refractivity contribution in [3.63, 3.8) is 0 Å². The van der Waals surface area contributed by atoms with Gasteiger partial charge in [0.15, 0.2) is 0 Å². The van der Waals surface area contributed by atoms with Crippen molar-refractivity contribution in [2.45, 2.75) is 68.9 Å². The first-order valence-electron chi connectivity index (χ1n) is 13.4. The summed E-state index contributed by atoms with van der Waals surface area (Å²) in [6.07, 6.45) is 9.20. The summed E-state index contributed by atoms with van der Waals surface area (Å²) >= 11 is 0. The highest BCUT2D eigenvalue weighted by molar-refractivity contribution is 5.72. The summed E-state index contributed by atoms with van der Waals surface area (Å²) in [4.78, 5) is 7.47. The van der Waals surface area contributed by atoms with Crippen LogP contribution in [0.4, 0.5) is 11.5 Å². The van der Waals surface area contributed by atoms with Crippen LogP contribution in [0.2, 0.25) is 0 Å². The van der Waals surface area contributed by atoms with Crippen molar-refractivity contribution in [3.05, 3.63) is 46.6 Å². The fraction of sp³-hybridized carbons (Fsp3) is 0.607. The highest BCUT2D eigenvalue weighted by Crippen LogP contribution is 2.50. The highest BCUT2D eigenvalue weighted by atomic mass is 16.5. The fourth-order valence-corrected chi connectivity index (χ4v) is 6.42. The SMILES string of the molecule is c1cc(C2CCOCC2)c2c(n1)Nc1cc(C3CCN(C4CNC4)CC3)cc(C3CC3)c1OC2. The molecule has 0 unspecified atom stereocenters. The molecule has 0 atom stereocenters. The maximum Gasteiger partial charge on any atom is 0.146 e. The van der Waals surface area contributed by atoms with E-state index in [-0.39, 0.29) is 0 Å². The van der Waals surface area contributed by atoms with Crippen LogP contribution in [0.25, 0.3) is 0 Å². The van der Waals surface area contributed by atoms with Crippen molar-refractivity contribution >= 4 is 11.5 Å². The maximum atomic E-state index is 6.60. The van der Waals surface area contributed by atoms with Gasteiger partial charge in [-0.25, -0.2) is 4.98 Å². The molecule has 0 radical (unpaired) electrons. The minimum atomic E-state index is 0.534. The van der Waals surface area contributed by atoms with E-state index in [1.165, 1.54) is 74.1 Å². The lowest BCUT2D eigenvalue weighted by Crippen LogP contribution is -2.58. The predicted octanol–water partition coefficient (Wildman–Crippen LogP) is 4.64. The third-order valence-electron chi connectivity index (χ3n) is 8.80. The summed E-state index contributed by atoms with van der Waals surface area (Å²) < 4.78 is 12.2. The van der Waals surface area contributed by atoms with Crippen molar-refractivity contribution in [1.29, 1.82) is 0 Å². The Kier molecular flexibility index (Phi) is 5.48. The third kappa shape index (κ3) is 3.90. The average molecular weight is 461 g/mol. The van der Waals surface area contributed by atoms with E-state index in [1.807, 2.05) is 6.20 Å². The molecular formula is C28H36N4O2. The van der Waals surface area contributed by atoms with Gasteiger partial charge in [0, 0.05) is 44.1 Å². The number of fused-ring (bicyclic) bond motifs is 2. The lowest BCUT2D eigenvalue weighted by atomic mass is 9.86. The number of hydrogen-bond acceptors (Lipinski definition) is 6. The number of likely N-dealkylation sites (tertiary alicyclic amines) is 1. The molecule has 1 aromatic heterocycles. The maximum absolute atomic E-state index is 6.60. The van der Waals surface area contributed by atoms with E-state index in [4.69, 9.17) is 14.5 Å². The Bertz CT molecular complexity index is 1050. The molecule has 0 bridgehead atoms. The van der Waals surface area contributed by atoms with Crippen LogP contribution >= 0.6 is 0 Å². The lowest BCUT2D eigenvalue weighted by Gasteiger charge is -2.42. The molecule has 1 saturated carbocycles. The summed E-state index contributed by atoms with van der Waals surface area (Å²) in [5, 5.41) is 7.17. The number of ether oxygens (including phenoxy) is 2. The third-order valence-corrected chi connectivity index (χ3v) is 8.80. The number of piperidine rings is 1. The summed E-state index contributed by atoms with van der Waals surface area (Å²) in [6, 6.07) is 7.84. The highest BCUT2D eigenvalue weighted by Gasteiger charge is 2.34. The molecule has 7 rings (SSSR count). The summed E-state index contributed by atoms with van der Waals surface area (Å²) in [6.45, 7) is 7.06. The number of hydrogen-bond donors (Lipinski definition) is 2. The van der Waals surface area contributed by atoms with E-state index in [0.29, 0.717) is 24.4 Å². The first-order valence-corrected chi connectivity index (χ1v) is 13.4. The molecule has 0 amide bonds. The topological polar surface area (TPSA) is 58.7 Å². The number of pyridine rings is 1. The molecule has 1 aromatic carbocycles. The molecule has 3 saturated heterocycles. The minimum Gasteiger partial charge on any atom is -0.486 e. The van der Waals surface area contributed by atoms with E-state index >= 15 is 0 Å².